The molecule has 2 aliphatic rings. The highest BCUT2D eigenvalue weighted by Crippen LogP contribution is 2.36. The minimum atomic E-state index is -0.253. The lowest BCUT2D eigenvalue weighted by Gasteiger charge is -2.29. The van der Waals surface area contributed by atoms with Gasteiger partial charge in [-0.05, 0) is 30.2 Å². The third-order valence-electron chi connectivity index (χ3n) is 4.62. The van der Waals surface area contributed by atoms with Gasteiger partial charge in [0.05, 0.1) is 11.8 Å². The molecule has 2 amide bonds. The van der Waals surface area contributed by atoms with Gasteiger partial charge in [0.15, 0.2) is 6.10 Å². The molecule has 2 unspecified atom stereocenters. The number of carbonyl (C=O) groups excluding carboxylic acids is 1. The molecule has 2 aromatic rings. The molecule has 0 fully saturated rings. The lowest BCUT2D eigenvalue weighted by Crippen LogP contribution is -2.44. The molecule has 6 heteroatoms. The van der Waals surface area contributed by atoms with Gasteiger partial charge in [0.2, 0.25) is 0 Å². The number of nitrogens with one attached hydrogen (secondary N) is 2. The van der Waals surface area contributed by atoms with Gasteiger partial charge >= 0.3 is 6.03 Å². The van der Waals surface area contributed by atoms with E-state index in [2.05, 4.69) is 15.8 Å². The fraction of sp³-hybridized carbons (Fsp3) is 0.200. The zero-order chi connectivity index (χ0) is 18.1. The Morgan fingerprint density at radius 1 is 1.08 bits per heavy atom. The molecule has 0 aromatic heterocycles. The number of rotatable bonds is 3. The second-order valence-corrected chi connectivity index (χ2v) is 6.80. The Kier molecular flexibility index (Phi) is 4.39. The minimum absolute atomic E-state index is 0.156. The normalized spacial score (nSPS) is 22.4. The number of urea groups is 1. The number of hydrogen-bond donors (Lipinski definition) is 2. The van der Waals surface area contributed by atoms with Crippen LogP contribution in [0.25, 0.3) is 0 Å². The van der Waals surface area contributed by atoms with Gasteiger partial charge in [-0.15, -0.1) is 0 Å². The zero-order valence-electron chi connectivity index (χ0n) is 14.2. The summed E-state index contributed by atoms with van der Waals surface area (Å²) < 4.78 is 0. The predicted molar refractivity (Wildman–Crippen MR) is 101 cm³/mol. The number of benzene rings is 2. The molecular weight excluding hydrogens is 350 g/mol. The Morgan fingerprint density at radius 3 is 2.54 bits per heavy atom. The average molecular weight is 368 g/mol. The minimum Gasteiger partial charge on any atom is -0.387 e. The summed E-state index contributed by atoms with van der Waals surface area (Å²) in [7, 11) is 0. The van der Waals surface area contributed by atoms with Crippen LogP contribution in [0.4, 0.5) is 4.79 Å². The first-order chi connectivity index (χ1) is 12.6. The summed E-state index contributed by atoms with van der Waals surface area (Å²) >= 11 is 5.96. The fourth-order valence-electron chi connectivity index (χ4n) is 3.36. The summed E-state index contributed by atoms with van der Waals surface area (Å²) in [6.07, 6.45) is 0.478. The Balaban J connectivity index is 1.63. The topological polar surface area (TPSA) is 62.7 Å². The first kappa shape index (κ1) is 16.7. The lowest BCUT2D eigenvalue weighted by atomic mass is 9.89. The summed E-state index contributed by atoms with van der Waals surface area (Å²) in [4.78, 5) is 17.7. The molecule has 26 heavy (non-hydrogen) atoms. The molecule has 4 rings (SSSR count). The van der Waals surface area contributed by atoms with Crippen LogP contribution in [-0.4, -0.2) is 11.7 Å². The van der Waals surface area contributed by atoms with Gasteiger partial charge in [0.1, 0.15) is 0 Å². The average Bonchev–Trinajstić information content (AvgIpc) is 3.12. The van der Waals surface area contributed by atoms with Crippen LogP contribution >= 0.6 is 11.6 Å². The van der Waals surface area contributed by atoms with Gasteiger partial charge in [0.25, 0.3) is 0 Å². The summed E-state index contributed by atoms with van der Waals surface area (Å²) in [6, 6.07) is 17.0. The van der Waals surface area contributed by atoms with Crippen molar-refractivity contribution in [3.8, 4) is 0 Å². The van der Waals surface area contributed by atoms with E-state index in [1.54, 1.807) is 0 Å². The quantitative estimate of drug-likeness (QED) is 0.839. The zero-order valence-corrected chi connectivity index (χ0v) is 15.0. The van der Waals surface area contributed by atoms with Crippen LogP contribution in [0, 0.1) is 0 Å². The van der Waals surface area contributed by atoms with E-state index in [4.69, 9.17) is 16.4 Å². The number of oxime groups is 1. The summed E-state index contributed by atoms with van der Waals surface area (Å²) in [5.41, 5.74) is 4.61. The van der Waals surface area contributed by atoms with Crippen molar-refractivity contribution in [2.24, 2.45) is 5.16 Å². The van der Waals surface area contributed by atoms with Crippen molar-refractivity contribution >= 4 is 23.3 Å². The third kappa shape index (κ3) is 3.18. The van der Waals surface area contributed by atoms with Crippen LogP contribution in [-0.2, 0) is 4.84 Å². The smallest absolute Gasteiger partial charge is 0.319 e. The van der Waals surface area contributed by atoms with Crippen molar-refractivity contribution in [2.45, 2.75) is 25.5 Å². The Hall–Kier alpha value is -2.79. The summed E-state index contributed by atoms with van der Waals surface area (Å²) in [5.74, 6) is 0. The number of amides is 2. The molecule has 0 spiro atoms. The number of allylic oxidation sites excluding steroid dienone is 1. The first-order valence-electron chi connectivity index (χ1n) is 8.43. The highest BCUT2D eigenvalue weighted by Gasteiger charge is 2.34. The molecule has 2 aromatic carbocycles. The standard InChI is InChI=1S/C20H18ClN3O2/c1-12-18(19(23-20(25)22-12)14-5-3-2-4-6-14)16-11-17(26-24-16)13-7-9-15(21)10-8-13/h2-10,17,19H,11H2,1H3,(H2,22,23,25). The van der Waals surface area contributed by atoms with Gasteiger partial charge in [0, 0.05) is 22.7 Å². The summed E-state index contributed by atoms with van der Waals surface area (Å²) in [5, 5.41) is 10.8. The Morgan fingerprint density at radius 2 is 1.81 bits per heavy atom. The van der Waals surface area contributed by atoms with Gasteiger partial charge < -0.3 is 15.5 Å². The van der Waals surface area contributed by atoms with Crippen molar-refractivity contribution in [1.82, 2.24) is 10.6 Å². The number of nitrogens with zero attached hydrogens (tertiary/aromatic N) is 1. The van der Waals surface area contributed by atoms with E-state index in [0.717, 1.165) is 28.1 Å². The third-order valence-corrected chi connectivity index (χ3v) is 4.88. The van der Waals surface area contributed by atoms with Crippen LogP contribution in [0.2, 0.25) is 5.02 Å². The number of hydrogen-bond acceptors (Lipinski definition) is 3. The van der Waals surface area contributed by atoms with Crippen molar-refractivity contribution in [1.29, 1.82) is 0 Å². The predicted octanol–water partition coefficient (Wildman–Crippen LogP) is 4.49. The molecule has 2 aliphatic heterocycles. The molecule has 5 nitrogen and oxygen atoms in total. The summed E-state index contributed by atoms with van der Waals surface area (Å²) in [6.45, 7) is 1.89. The van der Waals surface area contributed by atoms with Crippen molar-refractivity contribution in [3.63, 3.8) is 0 Å². The van der Waals surface area contributed by atoms with Crippen LogP contribution in [0.5, 0.6) is 0 Å². The van der Waals surface area contributed by atoms with Gasteiger partial charge in [-0.2, -0.15) is 0 Å². The van der Waals surface area contributed by atoms with Crippen LogP contribution in [0.3, 0.4) is 0 Å². The molecule has 0 radical (unpaired) electrons. The molecular formula is C20H18ClN3O2. The lowest BCUT2D eigenvalue weighted by molar-refractivity contribution is 0.0857. The van der Waals surface area contributed by atoms with E-state index in [1.807, 2.05) is 61.5 Å². The largest absolute Gasteiger partial charge is 0.387 e. The van der Waals surface area contributed by atoms with E-state index in [1.165, 1.54) is 0 Å². The molecule has 0 saturated carbocycles. The van der Waals surface area contributed by atoms with Gasteiger partial charge in [-0.3, -0.25) is 0 Å². The highest BCUT2D eigenvalue weighted by atomic mass is 35.5. The number of carbonyl (C=O) groups is 1. The Labute approximate surface area is 156 Å². The second kappa shape index (κ2) is 6.84. The van der Waals surface area contributed by atoms with E-state index in [0.29, 0.717) is 11.4 Å². The van der Waals surface area contributed by atoms with Gasteiger partial charge in [-0.1, -0.05) is 59.2 Å². The first-order valence-corrected chi connectivity index (χ1v) is 8.81. The maximum Gasteiger partial charge on any atom is 0.319 e. The monoisotopic (exact) mass is 367 g/mol. The maximum absolute atomic E-state index is 12.0. The van der Waals surface area contributed by atoms with Crippen LogP contribution in [0.1, 0.15) is 36.6 Å². The van der Waals surface area contributed by atoms with E-state index < -0.39 is 0 Å². The van der Waals surface area contributed by atoms with E-state index in [9.17, 15) is 4.79 Å². The highest BCUT2D eigenvalue weighted by molar-refractivity contribution is 6.30. The molecule has 0 bridgehead atoms. The fourth-order valence-corrected chi connectivity index (χ4v) is 3.49. The molecule has 132 valence electrons. The van der Waals surface area contributed by atoms with Crippen molar-refractivity contribution in [2.75, 3.05) is 0 Å². The second-order valence-electron chi connectivity index (χ2n) is 6.37. The van der Waals surface area contributed by atoms with E-state index >= 15 is 0 Å². The van der Waals surface area contributed by atoms with Crippen LogP contribution < -0.4 is 10.6 Å². The van der Waals surface area contributed by atoms with E-state index in [-0.39, 0.29) is 18.2 Å². The molecule has 2 N–H and O–H groups in total. The molecule has 2 heterocycles. The maximum atomic E-state index is 12.0. The number of halogens is 1. The van der Waals surface area contributed by atoms with Crippen molar-refractivity contribution in [3.05, 3.63) is 82.0 Å². The molecule has 2 atom stereocenters. The molecule has 0 aliphatic carbocycles. The van der Waals surface area contributed by atoms with Crippen LogP contribution in [0.15, 0.2) is 71.0 Å². The molecule has 0 saturated heterocycles. The Bertz CT molecular complexity index is 891. The van der Waals surface area contributed by atoms with Crippen molar-refractivity contribution < 1.29 is 9.63 Å². The van der Waals surface area contributed by atoms with Gasteiger partial charge in [-0.25, -0.2) is 4.79 Å². The SMILES string of the molecule is CC1=C(C2=NOC(c3ccc(Cl)cc3)C2)C(c2ccccc2)NC(=O)N1.